The maximum Gasteiger partial charge on any atom is 0.344 e. The lowest BCUT2D eigenvalue weighted by Crippen LogP contribution is -2.12. The summed E-state index contributed by atoms with van der Waals surface area (Å²) in [5, 5.41) is 0.760. The Morgan fingerprint density at radius 2 is 1.88 bits per heavy atom. The number of hydrogen-bond donors (Lipinski definition) is 0. The molecule has 0 aliphatic rings. The Balaban J connectivity index is 2.09. The van der Waals surface area contributed by atoms with E-state index in [9.17, 15) is 9.59 Å². The first-order valence-corrected chi connectivity index (χ1v) is 7.42. The van der Waals surface area contributed by atoms with Gasteiger partial charge in [-0.2, -0.15) is 0 Å². The first-order valence-electron chi connectivity index (χ1n) is 7.42. The largest absolute Gasteiger partial charge is 0.482 e. The molecule has 0 aliphatic heterocycles. The van der Waals surface area contributed by atoms with Crippen LogP contribution in [0, 0.1) is 6.92 Å². The predicted octanol–water partition coefficient (Wildman–Crippen LogP) is 3.32. The minimum atomic E-state index is -0.462. The lowest BCUT2D eigenvalue weighted by Gasteiger charge is -2.10. The molecule has 3 aromatic rings. The summed E-state index contributed by atoms with van der Waals surface area (Å²) in [6.45, 7) is 1.69. The number of methoxy groups -OCH3 is 1. The fraction of sp³-hybridized carbons (Fsp3) is 0.158. The number of rotatable bonds is 4. The molecule has 0 radical (unpaired) electrons. The van der Waals surface area contributed by atoms with Crippen LogP contribution in [-0.2, 0) is 9.53 Å². The van der Waals surface area contributed by atoms with Gasteiger partial charge < -0.3 is 13.9 Å². The highest BCUT2D eigenvalue weighted by molar-refractivity contribution is 5.87. The van der Waals surface area contributed by atoms with Crippen LogP contribution in [0.25, 0.3) is 22.1 Å². The minimum Gasteiger partial charge on any atom is -0.482 e. The zero-order valence-electron chi connectivity index (χ0n) is 13.4. The third-order valence-corrected chi connectivity index (χ3v) is 3.78. The van der Waals surface area contributed by atoms with Gasteiger partial charge in [0.1, 0.15) is 11.3 Å². The van der Waals surface area contributed by atoms with Crippen LogP contribution in [0.2, 0.25) is 0 Å². The average molecular weight is 324 g/mol. The number of fused-ring (bicyclic) bond motifs is 1. The second-order valence-electron chi connectivity index (χ2n) is 5.28. The van der Waals surface area contributed by atoms with Gasteiger partial charge in [0.2, 0.25) is 0 Å². The maximum absolute atomic E-state index is 12.3. The molecule has 1 aromatic heterocycles. The van der Waals surface area contributed by atoms with Gasteiger partial charge in [0.15, 0.2) is 6.61 Å². The molecule has 0 spiro atoms. The van der Waals surface area contributed by atoms with Crippen LogP contribution in [0.3, 0.4) is 0 Å². The molecular formula is C19H16O5. The van der Waals surface area contributed by atoms with Crippen LogP contribution < -0.4 is 10.4 Å². The van der Waals surface area contributed by atoms with Crippen molar-refractivity contribution in [1.82, 2.24) is 0 Å². The van der Waals surface area contributed by atoms with Gasteiger partial charge >= 0.3 is 11.6 Å². The van der Waals surface area contributed by atoms with E-state index in [0.29, 0.717) is 16.9 Å². The lowest BCUT2D eigenvalue weighted by atomic mass is 9.99. The fourth-order valence-electron chi connectivity index (χ4n) is 2.56. The molecule has 5 heteroatoms. The summed E-state index contributed by atoms with van der Waals surface area (Å²) < 4.78 is 15.4. The molecule has 0 atom stereocenters. The zero-order valence-corrected chi connectivity index (χ0v) is 13.4. The van der Waals surface area contributed by atoms with Crippen molar-refractivity contribution in [3.05, 3.63) is 64.5 Å². The van der Waals surface area contributed by atoms with Crippen molar-refractivity contribution in [2.75, 3.05) is 13.7 Å². The Labute approximate surface area is 138 Å². The van der Waals surface area contributed by atoms with Crippen molar-refractivity contribution in [3.63, 3.8) is 0 Å². The van der Waals surface area contributed by atoms with Gasteiger partial charge in [-0.25, -0.2) is 9.59 Å². The molecule has 3 rings (SSSR count). The van der Waals surface area contributed by atoms with Gasteiger partial charge in [0.05, 0.1) is 12.7 Å². The van der Waals surface area contributed by atoms with E-state index in [1.54, 1.807) is 18.2 Å². The molecule has 0 aliphatic carbocycles. The van der Waals surface area contributed by atoms with E-state index in [2.05, 4.69) is 4.74 Å². The Kier molecular flexibility index (Phi) is 4.33. The Hall–Kier alpha value is -3.08. The molecule has 0 bridgehead atoms. The number of hydrogen-bond acceptors (Lipinski definition) is 5. The Morgan fingerprint density at radius 3 is 2.58 bits per heavy atom. The summed E-state index contributed by atoms with van der Waals surface area (Å²) in [5.74, 6) is 0.0419. The van der Waals surface area contributed by atoms with Crippen LogP contribution in [0.4, 0.5) is 0 Å². The standard InChI is InChI=1S/C19H16O5/c1-12-15-10-14(23-11-17(20)22-2)8-9-16(15)24-19(21)18(12)13-6-4-3-5-7-13/h3-10H,11H2,1-2H3. The molecule has 0 unspecified atom stereocenters. The van der Waals surface area contributed by atoms with Crippen molar-refractivity contribution in [2.24, 2.45) is 0 Å². The van der Waals surface area contributed by atoms with E-state index >= 15 is 0 Å². The van der Waals surface area contributed by atoms with Crippen LogP contribution in [0.15, 0.2) is 57.7 Å². The summed E-state index contributed by atoms with van der Waals surface area (Å²) in [7, 11) is 1.30. The van der Waals surface area contributed by atoms with Crippen LogP contribution in [0.5, 0.6) is 5.75 Å². The number of carbonyl (C=O) groups is 1. The number of carbonyl (C=O) groups excluding carboxylic acids is 1. The second-order valence-corrected chi connectivity index (χ2v) is 5.28. The number of benzene rings is 2. The van der Waals surface area contributed by atoms with Gasteiger partial charge in [-0.1, -0.05) is 30.3 Å². The van der Waals surface area contributed by atoms with Gasteiger partial charge in [0.25, 0.3) is 0 Å². The first kappa shape index (κ1) is 15.8. The predicted molar refractivity (Wildman–Crippen MR) is 90.2 cm³/mol. The molecule has 122 valence electrons. The van der Waals surface area contributed by atoms with Crippen molar-refractivity contribution in [2.45, 2.75) is 6.92 Å². The van der Waals surface area contributed by atoms with Crippen molar-refractivity contribution < 1.29 is 18.7 Å². The molecule has 0 fully saturated rings. The van der Waals surface area contributed by atoms with Crippen LogP contribution >= 0.6 is 0 Å². The lowest BCUT2D eigenvalue weighted by molar-refractivity contribution is -0.142. The third-order valence-electron chi connectivity index (χ3n) is 3.78. The van der Waals surface area contributed by atoms with E-state index in [1.807, 2.05) is 37.3 Å². The quantitative estimate of drug-likeness (QED) is 0.544. The monoisotopic (exact) mass is 324 g/mol. The molecule has 0 N–H and O–H groups in total. The van der Waals surface area contributed by atoms with Gasteiger partial charge in [-0.15, -0.1) is 0 Å². The Bertz CT molecular complexity index is 941. The highest BCUT2D eigenvalue weighted by Gasteiger charge is 2.14. The van der Waals surface area contributed by atoms with E-state index in [-0.39, 0.29) is 12.2 Å². The Morgan fingerprint density at radius 1 is 1.12 bits per heavy atom. The van der Waals surface area contributed by atoms with Crippen LogP contribution in [0.1, 0.15) is 5.56 Å². The van der Waals surface area contributed by atoms with Gasteiger partial charge in [0, 0.05) is 5.39 Å². The first-order chi connectivity index (χ1) is 11.6. The maximum atomic E-state index is 12.3. The molecule has 2 aromatic carbocycles. The van der Waals surface area contributed by atoms with E-state index in [4.69, 9.17) is 9.15 Å². The molecule has 0 amide bonds. The molecule has 0 saturated carbocycles. The highest BCUT2D eigenvalue weighted by Crippen LogP contribution is 2.29. The average Bonchev–Trinajstić information content (AvgIpc) is 2.61. The molecule has 0 saturated heterocycles. The summed E-state index contributed by atoms with van der Waals surface area (Å²) >= 11 is 0. The van der Waals surface area contributed by atoms with E-state index in [1.165, 1.54) is 7.11 Å². The number of ether oxygens (including phenoxy) is 2. The summed E-state index contributed by atoms with van der Waals surface area (Å²) in [6, 6.07) is 14.4. The molecule has 5 nitrogen and oxygen atoms in total. The second kappa shape index (κ2) is 6.58. The third kappa shape index (κ3) is 3.01. The summed E-state index contributed by atoms with van der Waals surface area (Å²) in [6.07, 6.45) is 0. The van der Waals surface area contributed by atoms with E-state index in [0.717, 1.165) is 16.5 Å². The van der Waals surface area contributed by atoms with Crippen molar-refractivity contribution >= 4 is 16.9 Å². The molecular weight excluding hydrogens is 308 g/mol. The number of aryl methyl sites for hydroxylation is 1. The summed E-state index contributed by atoms with van der Waals surface area (Å²) in [4.78, 5) is 23.5. The van der Waals surface area contributed by atoms with Crippen molar-refractivity contribution in [3.8, 4) is 16.9 Å². The van der Waals surface area contributed by atoms with E-state index < -0.39 is 5.97 Å². The molecule has 24 heavy (non-hydrogen) atoms. The highest BCUT2D eigenvalue weighted by atomic mass is 16.6. The normalized spacial score (nSPS) is 10.6. The SMILES string of the molecule is COC(=O)COc1ccc2oc(=O)c(-c3ccccc3)c(C)c2c1. The fourth-order valence-corrected chi connectivity index (χ4v) is 2.56. The van der Waals surface area contributed by atoms with Gasteiger partial charge in [-0.05, 0) is 36.2 Å². The topological polar surface area (TPSA) is 65.7 Å². The zero-order chi connectivity index (χ0) is 17.1. The number of esters is 1. The summed E-state index contributed by atoms with van der Waals surface area (Å²) in [5.41, 5.74) is 2.22. The van der Waals surface area contributed by atoms with Crippen molar-refractivity contribution in [1.29, 1.82) is 0 Å². The van der Waals surface area contributed by atoms with Crippen LogP contribution in [-0.4, -0.2) is 19.7 Å². The minimum absolute atomic E-state index is 0.177. The smallest absolute Gasteiger partial charge is 0.344 e. The van der Waals surface area contributed by atoms with Gasteiger partial charge in [-0.3, -0.25) is 0 Å². The molecule has 1 heterocycles.